The van der Waals surface area contributed by atoms with E-state index in [-0.39, 0.29) is 18.4 Å². The topological polar surface area (TPSA) is 62.2 Å². The van der Waals surface area contributed by atoms with E-state index in [0.717, 1.165) is 12.8 Å². The Morgan fingerprint density at radius 2 is 2.11 bits per heavy atom. The third-order valence-electron chi connectivity index (χ3n) is 3.02. The molecule has 1 aromatic rings. The highest BCUT2D eigenvalue weighted by Crippen LogP contribution is 2.12. The van der Waals surface area contributed by atoms with Crippen molar-refractivity contribution in [2.45, 2.75) is 32.8 Å². The summed E-state index contributed by atoms with van der Waals surface area (Å²) in [7, 11) is 0. The van der Waals surface area contributed by atoms with Gasteiger partial charge >= 0.3 is 0 Å². The van der Waals surface area contributed by atoms with Crippen LogP contribution < -0.4 is 5.32 Å². The monoisotopic (exact) mass is 270 g/mol. The van der Waals surface area contributed by atoms with Crippen molar-refractivity contribution in [3.05, 3.63) is 29.0 Å². The Balaban J connectivity index is 2.48. The molecule has 0 aliphatic heterocycles. The van der Waals surface area contributed by atoms with Crippen LogP contribution in [0.5, 0.6) is 0 Å². The van der Waals surface area contributed by atoms with Crippen molar-refractivity contribution in [1.29, 1.82) is 0 Å². The lowest BCUT2D eigenvalue weighted by atomic mass is 9.96. The fourth-order valence-electron chi connectivity index (χ4n) is 1.80. The number of aliphatic hydroxyl groups is 1. The minimum Gasteiger partial charge on any atom is -0.391 e. The molecule has 1 aromatic heterocycles. The second-order valence-corrected chi connectivity index (χ2v) is 4.65. The molecule has 1 rings (SSSR count). The van der Waals surface area contributed by atoms with E-state index in [1.54, 1.807) is 12.1 Å². The fraction of sp³-hybridized carbons (Fsp3) is 0.538. The van der Waals surface area contributed by atoms with Gasteiger partial charge in [-0.2, -0.15) is 0 Å². The quantitative estimate of drug-likeness (QED) is 0.833. The zero-order valence-corrected chi connectivity index (χ0v) is 11.4. The number of carbonyl (C=O) groups excluding carboxylic acids is 1. The molecule has 18 heavy (non-hydrogen) atoms. The van der Waals surface area contributed by atoms with Crippen molar-refractivity contribution < 1.29 is 9.90 Å². The first-order valence-corrected chi connectivity index (χ1v) is 6.54. The molecule has 0 fully saturated rings. The molecule has 0 aliphatic carbocycles. The Labute approximate surface area is 112 Å². The number of carbonyl (C=O) groups is 1. The van der Waals surface area contributed by atoms with Crippen molar-refractivity contribution in [3.8, 4) is 0 Å². The molecular formula is C13H19ClN2O2. The standard InChI is InChI=1S/C13H19ClN2O2/c1-3-9(4-2)12(17)8-16-13(18)11-6-5-10(14)7-15-11/h5-7,9,12,17H,3-4,8H2,1-2H3,(H,16,18). The second-order valence-electron chi connectivity index (χ2n) is 4.22. The van der Waals surface area contributed by atoms with E-state index in [1.165, 1.54) is 6.20 Å². The minimum atomic E-state index is -0.517. The largest absolute Gasteiger partial charge is 0.391 e. The summed E-state index contributed by atoms with van der Waals surface area (Å²) in [5.41, 5.74) is 0.302. The molecule has 4 nitrogen and oxygen atoms in total. The van der Waals surface area contributed by atoms with Gasteiger partial charge in [-0.25, -0.2) is 4.98 Å². The van der Waals surface area contributed by atoms with Gasteiger partial charge in [0.1, 0.15) is 5.69 Å². The zero-order chi connectivity index (χ0) is 13.5. The Morgan fingerprint density at radius 1 is 1.44 bits per heavy atom. The summed E-state index contributed by atoms with van der Waals surface area (Å²) in [5, 5.41) is 13.1. The molecule has 0 saturated heterocycles. The predicted molar refractivity (Wildman–Crippen MR) is 71.7 cm³/mol. The summed E-state index contributed by atoms with van der Waals surface area (Å²) < 4.78 is 0. The maximum absolute atomic E-state index is 11.7. The SMILES string of the molecule is CCC(CC)C(O)CNC(=O)c1ccc(Cl)cn1. The molecule has 0 saturated carbocycles. The first kappa shape index (κ1) is 14.9. The Morgan fingerprint density at radius 3 is 2.61 bits per heavy atom. The highest BCUT2D eigenvalue weighted by molar-refractivity contribution is 6.30. The van der Waals surface area contributed by atoms with Gasteiger partial charge in [0.2, 0.25) is 0 Å². The second kappa shape index (κ2) is 7.34. The fourth-order valence-corrected chi connectivity index (χ4v) is 1.91. The number of hydrogen-bond donors (Lipinski definition) is 2. The van der Waals surface area contributed by atoms with Crippen LogP contribution in [0.4, 0.5) is 0 Å². The van der Waals surface area contributed by atoms with Crippen LogP contribution in [-0.4, -0.2) is 28.6 Å². The van der Waals surface area contributed by atoms with E-state index < -0.39 is 6.10 Å². The summed E-state index contributed by atoms with van der Waals surface area (Å²) in [6.07, 6.45) is 2.70. The van der Waals surface area contributed by atoms with Crippen LogP contribution in [0.25, 0.3) is 0 Å². The molecule has 1 unspecified atom stereocenters. The number of hydrogen-bond acceptors (Lipinski definition) is 3. The third kappa shape index (κ3) is 4.27. The maximum Gasteiger partial charge on any atom is 0.269 e. The number of nitrogens with one attached hydrogen (secondary N) is 1. The van der Waals surface area contributed by atoms with E-state index in [1.807, 2.05) is 13.8 Å². The molecule has 0 aliphatic rings. The normalized spacial score (nSPS) is 12.5. The average molecular weight is 271 g/mol. The van der Waals surface area contributed by atoms with E-state index in [9.17, 15) is 9.90 Å². The highest BCUT2D eigenvalue weighted by Gasteiger charge is 2.16. The first-order chi connectivity index (χ1) is 8.58. The summed E-state index contributed by atoms with van der Waals surface area (Å²) in [5.74, 6) is -0.0832. The number of pyridine rings is 1. The molecular weight excluding hydrogens is 252 g/mol. The summed E-state index contributed by atoms with van der Waals surface area (Å²) in [6, 6.07) is 3.17. The molecule has 100 valence electrons. The van der Waals surface area contributed by atoms with E-state index in [2.05, 4.69) is 10.3 Å². The minimum absolute atomic E-state index is 0.212. The number of rotatable bonds is 6. The van der Waals surface area contributed by atoms with E-state index >= 15 is 0 Å². The number of halogens is 1. The lowest BCUT2D eigenvalue weighted by Gasteiger charge is -2.20. The van der Waals surface area contributed by atoms with Gasteiger partial charge in [0, 0.05) is 12.7 Å². The average Bonchev–Trinajstić information content (AvgIpc) is 2.38. The molecule has 0 spiro atoms. The zero-order valence-electron chi connectivity index (χ0n) is 10.7. The lowest BCUT2D eigenvalue weighted by molar-refractivity contribution is 0.0813. The molecule has 5 heteroatoms. The molecule has 0 bridgehead atoms. The Hall–Kier alpha value is -1.13. The molecule has 1 heterocycles. The third-order valence-corrected chi connectivity index (χ3v) is 3.25. The van der Waals surface area contributed by atoms with Crippen LogP contribution in [0.3, 0.4) is 0 Å². The Bertz CT molecular complexity index is 377. The van der Waals surface area contributed by atoms with Crippen LogP contribution >= 0.6 is 11.6 Å². The lowest BCUT2D eigenvalue weighted by Crippen LogP contribution is -2.36. The molecule has 0 aromatic carbocycles. The van der Waals surface area contributed by atoms with Crippen molar-refractivity contribution in [3.63, 3.8) is 0 Å². The summed E-state index contributed by atoms with van der Waals surface area (Å²) >= 11 is 5.69. The van der Waals surface area contributed by atoms with Crippen molar-refractivity contribution >= 4 is 17.5 Å². The number of aliphatic hydroxyl groups excluding tert-OH is 1. The van der Waals surface area contributed by atoms with Crippen molar-refractivity contribution in [2.24, 2.45) is 5.92 Å². The number of nitrogens with zero attached hydrogens (tertiary/aromatic N) is 1. The first-order valence-electron chi connectivity index (χ1n) is 6.16. The maximum atomic E-state index is 11.7. The van der Waals surface area contributed by atoms with Crippen LogP contribution in [0.2, 0.25) is 5.02 Å². The number of aromatic nitrogens is 1. The van der Waals surface area contributed by atoms with Gasteiger partial charge in [-0.15, -0.1) is 0 Å². The van der Waals surface area contributed by atoms with Crippen molar-refractivity contribution in [2.75, 3.05) is 6.54 Å². The van der Waals surface area contributed by atoms with Crippen LogP contribution in [-0.2, 0) is 0 Å². The summed E-state index contributed by atoms with van der Waals surface area (Å²) in [4.78, 5) is 15.6. The Kier molecular flexibility index (Phi) is 6.09. The van der Waals surface area contributed by atoms with Crippen LogP contribution in [0, 0.1) is 5.92 Å². The van der Waals surface area contributed by atoms with Gasteiger partial charge in [-0.3, -0.25) is 4.79 Å². The highest BCUT2D eigenvalue weighted by atomic mass is 35.5. The van der Waals surface area contributed by atoms with Gasteiger partial charge in [-0.1, -0.05) is 38.3 Å². The van der Waals surface area contributed by atoms with Gasteiger partial charge in [0.25, 0.3) is 5.91 Å². The van der Waals surface area contributed by atoms with Gasteiger partial charge < -0.3 is 10.4 Å². The van der Waals surface area contributed by atoms with Gasteiger partial charge in [-0.05, 0) is 18.1 Å². The smallest absolute Gasteiger partial charge is 0.269 e. The van der Waals surface area contributed by atoms with Crippen LogP contribution in [0.15, 0.2) is 18.3 Å². The van der Waals surface area contributed by atoms with Gasteiger partial charge in [0.15, 0.2) is 0 Å². The molecule has 1 amide bonds. The number of amides is 1. The van der Waals surface area contributed by atoms with E-state index in [0.29, 0.717) is 10.7 Å². The predicted octanol–water partition coefficient (Wildman–Crippen LogP) is 2.26. The molecule has 2 N–H and O–H groups in total. The van der Waals surface area contributed by atoms with Gasteiger partial charge in [0.05, 0.1) is 11.1 Å². The van der Waals surface area contributed by atoms with Crippen LogP contribution in [0.1, 0.15) is 37.2 Å². The van der Waals surface area contributed by atoms with Crippen molar-refractivity contribution in [1.82, 2.24) is 10.3 Å². The summed E-state index contributed by atoms with van der Waals surface area (Å²) in [6.45, 7) is 4.30. The van der Waals surface area contributed by atoms with E-state index in [4.69, 9.17) is 11.6 Å². The molecule has 0 radical (unpaired) electrons. The molecule has 1 atom stereocenters.